The van der Waals surface area contributed by atoms with Gasteiger partial charge in [0, 0.05) is 29.2 Å². The zero-order valence-corrected chi connectivity index (χ0v) is 17.5. The number of aromatic nitrogens is 1. The van der Waals surface area contributed by atoms with Crippen LogP contribution in [0.2, 0.25) is 0 Å². The molecule has 0 spiro atoms. The van der Waals surface area contributed by atoms with Gasteiger partial charge in [-0.1, -0.05) is 43.3 Å². The van der Waals surface area contributed by atoms with Gasteiger partial charge in [-0.05, 0) is 61.6 Å². The molecule has 152 valence electrons. The van der Waals surface area contributed by atoms with Gasteiger partial charge in [-0.3, -0.25) is 14.6 Å². The van der Waals surface area contributed by atoms with Crippen LogP contribution >= 0.6 is 0 Å². The molecule has 0 saturated carbocycles. The Kier molecular flexibility index (Phi) is 5.36. The smallest absolute Gasteiger partial charge is 0.277 e. The molecule has 1 unspecified atom stereocenters. The minimum atomic E-state index is -0.245. The molecule has 1 aliphatic heterocycles. The summed E-state index contributed by atoms with van der Waals surface area (Å²) >= 11 is 0. The first-order valence-electron chi connectivity index (χ1n) is 10.3. The van der Waals surface area contributed by atoms with Crippen molar-refractivity contribution in [1.29, 1.82) is 0 Å². The van der Waals surface area contributed by atoms with Crippen LogP contribution in [0.15, 0.2) is 60.8 Å². The minimum Gasteiger partial charge on any atom is -0.321 e. The molecule has 1 aliphatic rings. The molecular weight excluding hydrogens is 374 g/mol. The second kappa shape index (κ2) is 8.11. The number of pyridine rings is 1. The highest BCUT2D eigenvalue weighted by atomic mass is 16.2. The molecule has 2 aromatic carbocycles. The van der Waals surface area contributed by atoms with E-state index in [-0.39, 0.29) is 23.6 Å². The van der Waals surface area contributed by atoms with Crippen molar-refractivity contribution in [3.05, 3.63) is 88.7 Å². The monoisotopic (exact) mass is 399 g/mol. The van der Waals surface area contributed by atoms with E-state index in [9.17, 15) is 9.59 Å². The van der Waals surface area contributed by atoms with Gasteiger partial charge in [0.05, 0.1) is 0 Å². The van der Waals surface area contributed by atoms with Crippen LogP contribution in [0.25, 0.3) is 0 Å². The van der Waals surface area contributed by atoms with Crippen LogP contribution in [0.4, 0.5) is 11.4 Å². The molecule has 0 bridgehead atoms. The summed E-state index contributed by atoms with van der Waals surface area (Å²) in [5.74, 6) is -0.433. The van der Waals surface area contributed by atoms with Gasteiger partial charge in [0.25, 0.3) is 11.8 Å². The average Bonchev–Trinajstić information content (AvgIpc) is 3.10. The number of rotatable bonds is 4. The van der Waals surface area contributed by atoms with Crippen molar-refractivity contribution in [3.8, 4) is 0 Å². The molecule has 1 atom stereocenters. The summed E-state index contributed by atoms with van der Waals surface area (Å²) in [7, 11) is 0. The van der Waals surface area contributed by atoms with E-state index >= 15 is 0 Å². The van der Waals surface area contributed by atoms with Crippen molar-refractivity contribution in [1.82, 2.24) is 4.98 Å². The van der Waals surface area contributed by atoms with Crippen molar-refractivity contribution >= 4 is 23.2 Å². The van der Waals surface area contributed by atoms with Crippen LogP contribution in [0.1, 0.15) is 51.4 Å². The Balaban J connectivity index is 1.61. The third-order valence-electron chi connectivity index (χ3n) is 5.65. The standard InChI is InChI=1S/C25H25N3O2/c1-4-18-10-7-8-16(2)23(18)27-24(29)20-12-13-26-21(15-20)25(30)28-17(3)14-19-9-5-6-11-22(19)28/h5-13,15,17H,4,14H2,1-3H3,(H,27,29). The minimum absolute atomic E-state index is 0.0493. The predicted molar refractivity (Wildman–Crippen MR) is 119 cm³/mol. The molecule has 5 nitrogen and oxygen atoms in total. The lowest BCUT2D eigenvalue weighted by Gasteiger charge is -2.22. The first-order valence-corrected chi connectivity index (χ1v) is 10.3. The fraction of sp³-hybridized carbons (Fsp3) is 0.240. The molecule has 2 amide bonds. The number of carbonyl (C=O) groups is 2. The molecule has 2 heterocycles. The van der Waals surface area contributed by atoms with Gasteiger partial charge in [0.15, 0.2) is 0 Å². The fourth-order valence-electron chi connectivity index (χ4n) is 4.07. The van der Waals surface area contributed by atoms with Gasteiger partial charge in [0.1, 0.15) is 5.69 Å². The number of hydrogen-bond donors (Lipinski definition) is 1. The van der Waals surface area contributed by atoms with Crippen molar-refractivity contribution in [2.75, 3.05) is 10.2 Å². The number of anilines is 2. The number of carbonyl (C=O) groups excluding carboxylic acids is 2. The van der Waals surface area contributed by atoms with Crippen LogP contribution in [0.5, 0.6) is 0 Å². The third kappa shape index (κ3) is 3.59. The Morgan fingerprint density at radius 3 is 2.73 bits per heavy atom. The van der Waals surface area contributed by atoms with E-state index in [2.05, 4.69) is 17.2 Å². The maximum Gasteiger partial charge on any atom is 0.277 e. The molecule has 1 N–H and O–H groups in total. The summed E-state index contributed by atoms with van der Waals surface area (Å²) in [5, 5.41) is 3.01. The second-order valence-corrected chi connectivity index (χ2v) is 7.70. The number of aryl methyl sites for hydroxylation is 2. The Bertz CT molecular complexity index is 1120. The van der Waals surface area contributed by atoms with Crippen LogP contribution in [0.3, 0.4) is 0 Å². The van der Waals surface area contributed by atoms with Crippen LogP contribution in [-0.4, -0.2) is 22.8 Å². The molecule has 0 saturated heterocycles. The molecule has 0 aliphatic carbocycles. The first-order chi connectivity index (χ1) is 14.5. The van der Waals surface area contributed by atoms with E-state index in [0.717, 1.165) is 40.9 Å². The average molecular weight is 399 g/mol. The second-order valence-electron chi connectivity index (χ2n) is 7.70. The fourth-order valence-corrected chi connectivity index (χ4v) is 4.07. The highest BCUT2D eigenvalue weighted by Gasteiger charge is 2.32. The third-order valence-corrected chi connectivity index (χ3v) is 5.65. The molecule has 30 heavy (non-hydrogen) atoms. The van der Waals surface area contributed by atoms with Gasteiger partial charge in [-0.2, -0.15) is 0 Å². The molecule has 1 aromatic heterocycles. The SMILES string of the molecule is CCc1cccc(C)c1NC(=O)c1ccnc(C(=O)N2c3ccccc3CC2C)c1. The van der Waals surface area contributed by atoms with Gasteiger partial charge in [-0.25, -0.2) is 0 Å². The number of nitrogens with zero attached hydrogens (tertiary/aromatic N) is 2. The topological polar surface area (TPSA) is 62.3 Å². The summed E-state index contributed by atoms with van der Waals surface area (Å²) in [6, 6.07) is 17.2. The van der Waals surface area contributed by atoms with Gasteiger partial charge in [0.2, 0.25) is 0 Å². The number of para-hydroxylation sites is 2. The largest absolute Gasteiger partial charge is 0.321 e. The summed E-state index contributed by atoms with van der Waals surface area (Å²) in [5.41, 5.74) is 5.67. The summed E-state index contributed by atoms with van der Waals surface area (Å²) in [6.45, 7) is 6.06. The van der Waals surface area contributed by atoms with E-state index in [0.29, 0.717) is 5.56 Å². The lowest BCUT2D eigenvalue weighted by Crippen LogP contribution is -2.36. The molecule has 4 rings (SSSR count). The van der Waals surface area contributed by atoms with E-state index in [1.54, 1.807) is 17.0 Å². The number of amides is 2. The normalized spacial score (nSPS) is 15.0. The number of nitrogens with one attached hydrogen (secondary N) is 1. The molecule has 5 heteroatoms. The molecular formula is C25H25N3O2. The van der Waals surface area contributed by atoms with Gasteiger partial charge < -0.3 is 10.2 Å². The quantitative estimate of drug-likeness (QED) is 0.686. The lowest BCUT2D eigenvalue weighted by atomic mass is 10.1. The van der Waals surface area contributed by atoms with E-state index in [1.807, 2.05) is 56.3 Å². The van der Waals surface area contributed by atoms with Crippen LogP contribution in [-0.2, 0) is 12.8 Å². The summed E-state index contributed by atoms with van der Waals surface area (Å²) in [6.07, 6.45) is 3.16. The maximum atomic E-state index is 13.2. The zero-order chi connectivity index (χ0) is 21.3. The molecule has 0 radical (unpaired) electrons. The predicted octanol–water partition coefficient (Wildman–Crippen LogP) is 4.80. The highest BCUT2D eigenvalue weighted by molar-refractivity contribution is 6.09. The Morgan fingerprint density at radius 2 is 1.93 bits per heavy atom. The Hall–Kier alpha value is -3.47. The highest BCUT2D eigenvalue weighted by Crippen LogP contribution is 2.33. The lowest BCUT2D eigenvalue weighted by molar-refractivity contribution is 0.0976. The summed E-state index contributed by atoms with van der Waals surface area (Å²) < 4.78 is 0. The zero-order valence-electron chi connectivity index (χ0n) is 17.5. The van der Waals surface area contributed by atoms with Crippen molar-refractivity contribution < 1.29 is 9.59 Å². The van der Waals surface area contributed by atoms with Crippen molar-refractivity contribution in [2.24, 2.45) is 0 Å². The number of hydrogen-bond acceptors (Lipinski definition) is 3. The van der Waals surface area contributed by atoms with Crippen LogP contribution < -0.4 is 10.2 Å². The number of benzene rings is 2. The van der Waals surface area contributed by atoms with E-state index < -0.39 is 0 Å². The van der Waals surface area contributed by atoms with Crippen molar-refractivity contribution in [3.63, 3.8) is 0 Å². The Labute approximate surface area is 176 Å². The van der Waals surface area contributed by atoms with Gasteiger partial charge in [-0.15, -0.1) is 0 Å². The summed E-state index contributed by atoms with van der Waals surface area (Å²) in [4.78, 5) is 32.2. The van der Waals surface area contributed by atoms with E-state index in [4.69, 9.17) is 0 Å². The van der Waals surface area contributed by atoms with Crippen molar-refractivity contribution in [2.45, 2.75) is 39.7 Å². The number of fused-ring (bicyclic) bond motifs is 1. The molecule has 0 fully saturated rings. The Morgan fingerprint density at radius 1 is 1.13 bits per heavy atom. The van der Waals surface area contributed by atoms with Crippen LogP contribution in [0, 0.1) is 6.92 Å². The maximum absolute atomic E-state index is 13.2. The molecule has 3 aromatic rings. The van der Waals surface area contributed by atoms with Gasteiger partial charge >= 0.3 is 0 Å². The first kappa shape index (κ1) is 19.8. The van der Waals surface area contributed by atoms with E-state index in [1.165, 1.54) is 6.20 Å².